The molecule has 7 nitrogen and oxygen atoms in total. The van der Waals surface area contributed by atoms with E-state index in [9.17, 15) is 14.7 Å². The van der Waals surface area contributed by atoms with E-state index in [0.717, 1.165) is 26.4 Å². The summed E-state index contributed by atoms with van der Waals surface area (Å²) in [4.78, 5) is 26.7. The normalized spacial score (nSPS) is 11.1. The Balaban J connectivity index is 2.04. The van der Waals surface area contributed by atoms with Crippen LogP contribution < -0.4 is 16.7 Å². The van der Waals surface area contributed by atoms with Gasteiger partial charge in [0, 0.05) is 9.50 Å². The van der Waals surface area contributed by atoms with Crippen molar-refractivity contribution in [1.29, 1.82) is 0 Å². The first-order chi connectivity index (χ1) is 13.3. The number of aromatic amines is 1. The van der Waals surface area contributed by atoms with E-state index < -0.39 is 17.1 Å². The summed E-state index contributed by atoms with van der Waals surface area (Å²) in [5.41, 5.74) is 3.89. The number of nitrogens with zero attached hydrogens (tertiary/aromatic N) is 2. The molecule has 0 atom stereocenters. The number of anilines is 1. The molecule has 0 bridgehead atoms. The lowest BCUT2D eigenvalue weighted by Gasteiger charge is -2.14. The summed E-state index contributed by atoms with van der Waals surface area (Å²) in [6.07, 6.45) is 1.15. The quantitative estimate of drug-likeness (QED) is 0.406. The van der Waals surface area contributed by atoms with Gasteiger partial charge in [-0.2, -0.15) is 5.10 Å². The molecule has 0 aliphatic carbocycles. The van der Waals surface area contributed by atoms with E-state index in [1.54, 1.807) is 36.4 Å². The Labute approximate surface area is 173 Å². The summed E-state index contributed by atoms with van der Waals surface area (Å²) >= 11 is 9.26. The molecule has 3 aromatic rings. The molecular formula is C19H16BrClN4O3. The van der Waals surface area contributed by atoms with Gasteiger partial charge in [-0.3, -0.25) is 15.2 Å². The molecule has 0 unspecified atom stereocenters. The molecule has 0 radical (unpaired) electrons. The molecule has 3 rings (SSSR count). The predicted octanol–water partition coefficient (Wildman–Crippen LogP) is 3.71. The third-order valence-corrected chi connectivity index (χ3v) is 5.40. The number of hydrazone groups is 1. The molecule has 3 N–H and O–H groups in total. The monoisotopic (exact) mass is 462 g/mol. The standard InChI is InChI=1S/C19H16BrClN4O3/c1-10-11(2)16(8-7-15(10)20)25-18(27)14(17(26)23-19(25)28)9-22-24-13-5-3-12(21)4-6-13/h3-9,24,27H,1-2H3,(H,23,26,28). The van der Waals surface area contributed by atoms with Crippen molar-refractivity contribution in [3.05, 3.63) is 83.4 Å². The highest BCUT2D eigenvalue weighted by Crippen LogP contribution is 2.26. The molecule has 0 spiro atoms. The zero-order chi connectivity index (χ0) is 20.4. The van der Waals surface area contributed by atoms with Gasteiger partial charge in [0.05, 0.1) is 17.6 Å². The van der Waals surface area contributed by atoms with Crippen LogP contribution in [0.25, 0.3) is 5.69 Å². The minimum atomic E-state index is -0.744. The van der Waals surface area contributed by atoms with Gasteiger partial charge in [0.1, 0.15) is 5.56 Å². The second-order valence-corrected chi connectivity index (χ2v) is 7.32. The first-order valence-electron chi connectivity index (χ1n) is 8.18. The number of halogens is 2. The zero-order valence-corrected chi connectivity index (χ0v) is 17.3. The summed E-state index contributed by atoms with van der Waals surface area (Å²) in [6.45, 7) is 3.71. The Morgan fingerprint density at radius 1 is 1.14 bits per heavy atom. The summed E-state index contributed by atoms with van der Waals surface area (Å²) < 4.78 is 1.92. The number of hydrogen-bond acceptors (Lipinski definition) is 5. The van der Waals surface area contributed by atoms with Gasteiger partial charge >= 0.3 is 5.69 Å². The van der Waals surface area contributed by atoms with Crippen LogP contribution in [0.15, 0.2) is 55.6 Å². The molecule has 0 aliphatic heterocycles. The topological polar surface area (TPSA) is 99.5 Å². The summed E-state index contributed by atoms with van der Waals surface area (Å²) in [5, 5.41) is 15.2. The Kier molecular flexibility index (Phi) is 5.71. The first-order valence-corrected chi connectivity index (χ1v) is 9.35. The zero-order valence-electron chi connectivity index (χ0n) is 15.0. The van der Waals surface area contributed by atoms with Gasteiger partial charge in [-0.05, 0) is 61.4 Å². The van der Waals surface area contributed by atoms with E-state index in [0.29, 0.717) is 16.4 Å². The molecule has 0 saturated carbocycles. The van der Waals surface area contributed by atoms with Crippen molar-refractivity contribution >= 4 is 39.4 Å². The lowest BCUT2D eigenvalue weighted by Crippen LogP contribution is -2.31. The molecular weight excluding hydrogens is 448 g/mol. The number of H-pyrrole nitrogens is 1. The Morgan fingerprint density at radius 2 is 1.82 bits per heavy atom. The smallest absolute Gasteiger partial charge is 0.335 e. The summed E-state index contributed by atoms with van der Waals surface area (Å²) in [5.74, 6) is -0.500. The fourth-order valence-corrected chi connectivity index (χ4v) is 3.15. The van der Waals surface area contributed by atoms with Crippen LogP contribution in [0.3, 0.4) is 0 Å². The van der Waals surface area contributed by atoms with E-state index in [1.165, 1.54) is 0 Å². The highest BCUT2D eigenvalue weighted by Gasteiger charge is 2.17. The maximum absolute atomic E-state index is 12.4. The second-order valence-electron chi connectivity index (χ2n) is 6.03. The molecule has 0 amide bonds. The Hall–Kier alpha value is -2.84. The van der Waals surface area contributed by atoms with Gasteiger partial charge in [-0.15, -0.1) is 0 Å². The van der Waals surface area contributed by atoms with E-state index in [2.05, 4.69) is 31.4 Å². The minimum Gasteiger partial charge on any atom is -0.493 e. The van der Waals surface area contributed by atoms with Crippen LogP contribution >= 0.6 is 27.5 Å². The molecule has 2 aromatic carbocycles. The maximum atomic E-state index is 12.4. The molecule has 9 heteroatoms. The Bertz CT molecular complexity index is 1180. The average Bonchev–Trinajstić information content (AvgIpc) is 2.65. The number of rotatable bonds is 4. The van der Waals surface area contributed by atoms with Crippen LogP contribution in [-0.2, 0) is 0 Å². The average molecular weight is 464 g/mol. The van der Waals surface area contributed by atoms with Crippen molar-refractivity contribution in [3.8, 4) is 11.6 Å². The SMILES string of the molecule is Cc1c(Br)ccc(-n2c(O)c(C=NNc3ccc(Cl)cc3)c(=O)[nH]c2=O)c1C. The van der Waals surface area contributed by atoms with Crippen LogP contribution in [0.2, 0.25) is 5.02 Å². The molecule has 0 fully saturated rings. The van der Waals surface area contributed by atoms with Gasteiger partial charge in [0.2, 0.25) is 5.88 Å². The lowest BCUT2D eigenvalue weighted by atomic mass is 10.1. The molecule has 0 aliphatic rings. The Morgan fingerprint density at radius 3 is 2.50 bits per heavy atom. The molecule has 144 valence electrons. The molecule has 0 saturated heterocycles. The lowest BCUT2D eigenvalue weighted by molar-refractivity contribution is 0.430. The van der Waals surface area contributed by atoms with Crippen molar-refractivity contribution in [1.82, 2.24) is 9.55 Å². The molecule has 1 aromatic heterocycles. The second kappa shape index (κ2) is 8.04. The van der Waals surface area contributed by atoms with Gasteiger partial charge < -0.3 is 5.11 Å². The predicted molar refractivity (Wildman–Crippen MR) is 114 cm³/mol. The summed E-state index contributed by atoms with van der Waals surface area (Å²) in [6, 6.07) is 10.2. The van der Waals surface area contributed by atoms with E-state index in [4.69, 9.17) is 11.6 Å². The van der Waals surface area contributed by atoms with Gasteiger partial charge in [0.25, 0.3) is 5.56 Å². The fourth-order valence-electron chi connectivity index (χ4n) is 2.59. The van der Waals surface area contributed by atoms with Crippen molar-refractivity contribution < 1.29 is 5.11 Å². The first kappa shape index (κ1) is 19.9. The number of aromatic nitrogens is 2. The van der Waals surface area contributed by atoms with Crippen molar-refractivity contribution in [2.45, 2.75) is 13.8 Å². The van der Waals surface area contributed by atoms with Gasteiger partial charge in [-0.1, -0.05) is 27.5 Å². The van der Waals surface area contributed by atoms with E-state index >= 15 is 0 Å². The maximum Gasteiger partial charge on any atom is 0.335 e. The third-order valence-electron chi connectivity index (χ3n) is 4.29. The third kappa shape index (κ3) is 3.88. The van der Waals surface area contributed by atoms with E-state index in [-0.39, 0.29) is 5.56 Å². The largest absolute Gasteiger partial charge is 0.493 e. The highest BCUT2D eigenvalue weighted by molar-refractivity contribution is 9.10. The number of aromatic hydroxyl groups is 1. The van der Waals surface area contributed by atoms with Crippen LogP contribution in [0.1, 0.15) is 16.7 Å². The molecule has 1 heterocycles. The summed E-state index contributed by atoms with van der Waals surface area (Å²) in [7, 11) is 0. The van der Waals surface area contributed by atoms with Crippen LogP contribution in [0.4, 0.5) is 5.69 Å². The van der Waals surface area contributed by atoms with Gasteiger partial charge in [0.15, 0.2) is 0 Å². The van der Waals surface area contributed by atoms with Crippen LogP contribution in [0.5, 0.6) is 5.88 Å². The van der Waals surface area contributed by atoms with Gasteiger partial charge in [-0.25, -0.2) is 9.36 Å². The van der Waals surface area contributed by atoms with E-state index in [1.807, 2.05) is 13.8 Å². The number of benzene rings is 2. The highest BCUT2D eigenvalue weighted by atomic mass is 79.9. The minimum absolute atomic E-state index is 0.152. The number of nitrogens with one attached hydrogen (secondary N) is 2. The van der Waals surface area contributed by atoms with Crippen molar-refractivity contribution in [2.75, 3.05) is 5.43 Å². The van der Waals surface area contributed by atoms with Crippen LogP contribution in [0, 0.1) is 13.8 Å². The van der Waals surface area contributed by atoms with Crippen LogP contribution in [-0.4, -0.2) is 20.9 Å². The number of hydrogen-bond donors (Lipinski definition) is 3. The molecule has 28 heavy (non-hydrogen) atoms. The fraction of sp³-hybridized carbons (Fsp3) is 0.105. The van der Waals surface area contributed by atoms with Crippen molar-refractivity contribution in [3.63, 3.8) is 0 Å². The van der Waals surface area contributed by atoms with Crippen molar-refractivity contribution in [2.24, 2.45) is 5.10 Å².